The van der Waals surface area contributed by atoms with Gasteiger partial charge in [0.05, 0.1) is 0 Å². The maximum absolute atomic E-state index is 5.35. The van der Waals surface area contributed by atoms with Gasteiger partial charge in [0.25, 0.3) is 0 Å². The SMILES string of the molecule is Cc1cccc(C)c1NC(=S)NNC(=S)N[C@H]1CCCC[C@H]1C. The van der Waals surface area contributed by atoms with Gasteiger partial charge < -0.3 is 10.6 Å². The summed E-state index contributed by atoms with van der Waals surface area (Å²) in [5.74, 6) is 0.656. The van der Waals surface area contributed by atoms with Crippen LogP contribution in [0.4, 0.5) is 5.69 Å². The molecule has 0 aliphatic heterocycles. The van der Waals surface area contributed by atoms with E-state index in [0.717, 1.165) is 16.8 Å². The lowest BCUT2D eigenvalue weighted by molar-refractivity contribution is 0.308. The molecular formula is C17H26N4S2. The minimum atomic E-state index is 0.450. The van der Waals surface area contributed by atoms with E-state index >= 15 is 0 Å². The summed E-state index contributed by atoms with van der Waals surface area (Å²) < 4.78 is 0. The van der Waals surface area contributed by atoms with E-state index in [4.69, 9.17) is 24.4 Å². The molecule has 2 atom stereocenters. The van der Waals surface area contributed by atoms with Gasteiger partial charge in [0.1, 0.15) is 0 Å². The summed E-state index contributed by atoms with van der Waals surface area (Å²) in [6, 6.07) is 6.60. The van der Waals surface area contributed by atoms with Crippen molar-refractivity contribution in [1.29, 1.82) is 0 Å². The van der Waals surface area contributed by atoms with Crippen molar-refractivity contribution in [2.24, 2.45) is 5.92 Å². The second-order valence-electron chi connectivity index (χ2n) is 6.31. The van der Waals surface area contributed by atoms with Crippen molar-refractivity contribution in [1.82, 2.24) is 16.2 Å². The van der Waals surface area contributed by atoms with E-state index in [0.29, 0.717) is 22.2 Å². The van der Waals surface area contributed by atoms with Gasteiger partial charge in [-0.3, -0.25) is 10.9 Å². The predicted octanol–water partition coefficient (Wildman–Crippen LogP) is 3.55. The normalized spacial score (nSPS) is 20.5. The Bertz CT molecular complexity index is 553. The van der Waals surface area contributed by atoms with Gasteiger partial charge in [-0.25, -0.2) is 0 Å². The molecule has 23 heavy (non-hydrogen) atoms. The second kappa shape index (κ2) is 8.45. The monoisotopic (exact) mass is 350 g/mol. The lowest BCUT2D eigenvalue weighted by atomic mass is 9.86. The van der Waals surface area contributed by atoms with Gasteiger partial charge in [-0.2, -0.15) is 0 Å². The number of hydrogen-bond donors (Lipinski definition) is 4. The Morgan fingerprint density at radius 2 is 1.61 bits per heavy atom. The maximum Gasteiger partial charge on any atom is 0.189 e. The van der Waals surface area contributed by atoms with Crippen LogP contribution in [0.25, 0.3) is 0 Å². The quantitative estimate of drug-likeness (QED) is 0.483. The maximum atomic E-state index is 5.35. The first kappa shape index (κ1) is 17.9. The van der Waals surface area contributed by atoms with Gasteiger partial charge >= 0.3 is 0 Å². The fourth-order valence-electron chi connectivity index (χ4n) is 3.01. The average molecular weight is 351 g/mol. The first-order valence-corrected chi connectivity index (χ1v) is 8.98. The third-order valence-corrected chi connectivity index (χ3v) is 4.86. The highest BCUT2D eigenvalue weighted by atomic mass is 32.1. The van der Waals surface area contributed by atoms with Gasteiger partial charge in [0, 0.05) is 11.7 Å². The van der Waals surface area contributed by atoms with Crippen molar-refractivity contribution in [2.75, 3.05) is 5.32 Å². The van der Waals surface area contributed by atoms with Crippen LogP contribution >= 0.6 is 24.4 Å². The highest BCUT2D eigenvalue weighted by molar-refractivity contribution is 7.80. The first-order chi connectivity index (χ1) is 11.0. The van der Waals surface area contributed by atoms with Crippen LogP contribution in [0.15, 0.2) is 18.2 Å². The molecule has 4 nitrogen and oxygen atoms in total. The molecule has 4 N–H and O–H groups in total. The molecule has 0 bridgehead atoms. The molecule has 0 heterocycles. The van der Waals surface area contributed by atoms with Crippen molar-refractivity contribution >= 4 is 40.3 Å². The molecule has 0 saturated heterocycles. The molecule has 1 aromatic carbocycles. The number of anilines is 1. The van der Waals surface area contributed by atoms with Crippen LogP contribution < -0.4 is 21.5 Å². The summed E-state index contributed by atoms with van der Waals surface area (Å²) in [4.78, 5) is 0. The molecular weight excluding hydrogens is 324 g/mol. The average Bonchev–Trinajstić information content (AvgIpc) is 2.51. The van der Waals surface area contributed by atoms with Gasteiger partial charge in [0.15, 0.2) is 10.2 Å². The van der Waals surface area contributed by atoms with E-state index in [9.17, 15) is 0 Å². The van der Waals surface area contributed by atoms with Crippen molar-refractivity contribution in [2.45, 2.75) is 52.5 Å². The van der Waals surface area contributed by atoms with Gasteiger partial charge in [-0.1, -0.05) is 38.0 Å². The van der Waals surface area contributed by atoms with Gasteiger partial charge in [0.2, 0.25) is 0 Å². The molecule has 0 radical (unpaired) electrons. The Kier molecular flexibility index (Phi) is 6.59. The molecule has 1 fully saturated rings. The molecule has 6 heteroatoms. The van der Waals surface area contributed by atoms with Crippen LogP contribution in [0, 0.1) is 19.8 Å². The molecule has 126 valence electrons. The van der Waals surface area contributed by atoms with Crippen molar-refractivity contribution in [3.63, 3.8) is 0 Å². The van der Waals surface area contributed by atoms with Crippen molar-refractivity contribution < 1.29 is 0 Å². The lowest BCUT2D eigenvalue weighted by Crippen LogP contribution is -2.52. The molecule has 0 aromatic heterocycles. The number of thiocarbonyl (C=S) groups is 2. The fraction of sp³-hybridized carbons (Fsp3) is 0.529. The summed E-state index contributed by atoms with van der Waals surface area (Å²) in [7, 11) is 0. The zero-order valence-corrected chi connectivity index (χ0v) is 15.7. The highest BCUT2D eigenvalue weighted by Crippen LogP contribution is 2.23. The molecule has 0 unspecified atom stereocenters. The van der Waals surface area contributed by atoms with Crippen molar-refractivity contribution in [3.05, 3.63) is 29.3 Å². The van der Waals surface area contributed by atoms with Crippen LogP contribution in [0.2, 0.25) is 0 Å². The summed E-state index contributed by atoms with van der Waals surface area (Å²) in [6.07, 6.45) is 5.03. The zero-order chi connectivity index (χ0) is 16.8. The van der Waals surface area contributed by atoms with Gasteiger partial charge in [-0.15, -0.1) is 0 Å². The third kappa shape index (κ3) is 5.32. The Hall–Kier alpha value is -1.40. The number of para-hydroxylation sites is 1. The smallest absolute Gasteiger partial charge is 0.189 e. The molecule has 0 amide bonds. The second-order valence-corrected chi connectivity index (χ2v) is 7.13. The minimum Gasteiger partial charge on any atom is -0.358 e. The first-order valence-electron chi connectivity index (χ1n) is 8.17. The molecule has 2 rings (SSSR count). The van der Waals surface area contributed by atoms with E-state index in [-0.39, 0.29) is 0 Å². The van der Waals surface area contributed by atoms with Gasteiger partial charge in [-0.05, 0) is 68.2 Å². The summed E-state index contributed by atoms with van der Waals surface area (Å²) >= 11 is 10.7. The molecule has 1 aromatic rings. The topological polar surface area (TPSA) is 48.1 Å². The Labute approximate surface area is 149 Å². The number of hydrogen-bond acceptors (Lipinski definition) is 2. The number of aryl methyl sites for hydroxylation is 2. The molecule has 1 aliphatic carbocycles. The fourth-order valence-corrected chi connectivity index (χ4v) is 3.36. The number of hydrazine groups is 1. The van der Waals surface area contributed by atoms with E-state index in [2.05, 4.69) is 54.4 Å². The Balaban J connectivity index is 1.78. The summed E-state index contributed by atoms with van der Waals surface area (Å²) in [5, 5.41) is 7.69. The van der Waals surface area contributed by atoms with Crippen LogP contribution in [0.3, 0.4) is 0 Å². The highest BCUT2D eigenvalue weighted by Gasteiger charge is 2.21. The third-order valence-electron chi connectivity index (χ3n) is 4.44. The molecule has 0 spiro atoms. The minimum absolute atomic E-state index is 0.450. The van der Waals surface area contributed by atoms with E-state index < -0.39 is 0 Å². The number of rotatable bonds is 2. The predicted molar refractivity (Wildman–Crippen MR) is 106 cm³/mol. The largest absolute Gasteiger partial charge is 0.358 e. The molecule has 1 aliphatic rings. The molecule has 1 saturated carbocycles. The van der Waals surface area contributed by atoms with Crippen LogP contribution in [0.1, 0.15) is 43.7 Å². The number of benzene rings is 1. The Morgan fingerprint density at radius 1 is 1.00 bits per heavy atom. The summed E-state index contributed by atoms with van der Waals surface area (Å²) in [5.41, 5.74) is 9.28. The lowest BCUT2D eigenvalue weighted by Gasteiger charge is -2.30. The van der Waals surface area contributed by atoms with E-state index in [1.54, 1.807) is 0 Å². The zero-order valence-electron chi connectivity index (χ0n) is 14.0. The van der Waals surface area contributed by atoms with Crippen LogP contribution in [0.5, 0.6) is 0 Å². The van der Waals surface area contributed by atoms with E-state index in [1.165, 1.54) is 25.7 Å². The summed E-state index contributed by atoms with van der Waals surface area (Å²) in [6.45, 7) is 6.39. The standard InChI is InChI=1S/C17H26N4S2/c1-11-7-4-5-10-14(11)18-16(22)20-21-17(23)19-15-12(2)8-6-9-13(15)3/h6,8-9,11,14H,4-5,7,10H2,1-3H3,(H2,18,20,22)(H2,19,21,23)/t11-,14+/m1/s1. The number of nitrogens with one attached hydrogen (secondary N) is 4. The van der Waals surface area contributed by atoms with Crippen LogP contribution in [-0.4, -0.2) is 16.3 Å². The van der Waals surface area contributed by atoms with Crippen molar-refractivity contribution in [3.8, 4) is 0 Å². The van der Waals surface area contributed by atoms with Crippen LogP contribution in [-0.2, 0) is 0 Å². The Morgan fingerprint density at radius 3 is 2.26 bits per heavy atom. The van der Waals surface area contributed by atoms with E-state index in [1.807, 2.05) is 6.07 Å².